The molecule has 0 atom stereocenters. The number of benzene rings is 1. The van der Waals surface area contributed by atoms with E-state index in [9.17, 15) is 9.59 Å². The van der Waals surface area contributed by atoms with Crippen molar-refractivity contribution in [3.63, 3.8) is 0 Å². The van der Waals surface area contributed by atoms with Crippen molar-refractivity contribution in [2.45, 2.75) is 25.7 Å². The van der Waals surface area contributed by atoms with Crippen LogP contribution in [0, 0.1) is 5.92 Å². The number of aromatic nitrogens is 2. The zero-order chi connectivity index (χ0) is 21.5. The van der Waals surface area contributed by atoms with Crippen LogP contribution < -0.4 is 14.8 Å². The molecule has 2 aromatic rings. The Morgan fingerprint density at radius 2 is 1.83 bits per heavy atom. The van der Waals surface area contributed by atoms with E-state index in [1.54, 1.807) is 19.1 Å². The number of methoxy groups -OCH3 is 2. The van der Waals surface area contributed by atoms with Crippen LogP contribution in [0.25, 0.3) is 0 Å². The molecule has 0 spiro atoms. The van der Waals surface area contributed by atoms with Gasteiger partial charge in [0.15, 0.2) is 5.82 Å². The minimum atomic E-state index is -0.122. The number of ether oxygens (including phenoxy) is 2. The second-order valence-corrected chi connectivity index (χ2v) is 7.29. The van der Waals surface area contributed by atoms with Crippen LogP contribution in [0.2, 0.25) is 0 Å². The number of aromatic amines is 1. The van der Waals surface area contributed by atoms with Crippen molar-refractivity contribution in [2.75, 3.05) is 32.6 Å². The Labute approximate surface area is 176 Å². The number of nitrogens with zero attached hydrogens (tertiary/aromatic N) is 2. The number of aryl methyl sites for hydroxylation is 2. The molecule has 2 amide bonds. The lowest BCUT2D eigenvalue weighted by Gasteiger charge is -2.30. The van der Waals surface area contributed by atoms with Crippen LogP contribution in [0.5, 0.6) is 11.5 Å². The lowest BCUT2D eigenvalue weighted by Crippen LogP contribution is -2.40. The Bertz CT molecular complexity index is 878. The number of carbonyl (C=O) groups excluding carboxylic acids is 2. The largest absolute Gasteiger partial charge is 0.497 e. The standard InChI is InChI=1S/C22H28N4O4/c1-4-21(27)26-9-7-16(8-10-26)22(28)23-20-13-17(24-25-20)6-5-15-11-18(29-2)14-19(12-15)30-3/h4,11-14,16H,1,5-10H2,2-3H3,(H2,23,24,25,28). The Morgan fingerprint density at radius 3 is 2.43 bits per heavy atom. The highest BCUT2D eigenvalue weighted by Crippen LogP contribution is 2.24. The van der Waals surface area contributed by atoms with Crippen molar-refractivity contribution in [3.8, 4) is 11.5 Å². The molecule has 1 aromatic carbocycles. The van der Waals surface area contributed by atoms with Crippen molar-refractivity contribution >= 4 is 17.6 Å². The molecule has 1 aliphatic heterocycles. The molecule has 8 heteroatoms. The molecule has 1 fully saturated rings. The van der Waals surface area contributed by atoms with Crippen LogP contribution in [0.1, 0.15) is 24.1 Å². The van der Waals surface area contributed by atoms with E-state index in [4.69, 9.17) is 9.47 Å². The van der Waals surface area contributed by atoms with Crippen LogP contribution in [-0.2, 0) is 22.4 Å². The first-order chi connectivity index (χ1) is 14.5. The number of amides is 2. The van der Waals surface area contributed by atoms with Gasteiger partial charge in [-0.2, -0.15) is 5.10 Å². The number of likely N-dealkylation sites (tertiary alicyclic amines) is 1. The SMILES string of the molecule is C=CC(=O)N1CCC(C(=O)Nc2cc(CCc3cc(OC)cc(OC)c3)[nH]n2)CC1. The number of carbonyl (C=O) groups is 2. The number of piperidine rings is 1. The summed E-state index contributed by atoms with van der Waals surface area (Å²) in [7, 11) is 3.26. The summed E-state index contributed by atoms with van der Waals surface area (Å²) in [5.41, 5.74) is 2.02. The first kappa shape index (κ1) is 21.4. The Hall–Kier alpha value is -3.29. The van der Waals surface area contributed by atoms with Crippen LogP contribution in [-0.4, -0.2) is 54.2 Å². The fourth-order valence-corrected chi connectivity index (χ4v) is 3.56. The van der Waals surface area contributed by atoms with Gasteiger partial charge in [-0.1, -0.05) is 6.58 Å². The molecule has 0 aliphatic carbocycles. The van der Waals surface area contributed by atoms with Crippen molar-refractivity contribution in [1.29, 1.82) is 0 Å². The average Bonchev–Trinajstić information content (AvgIpc) is 3.24. The monoisotopic (exact) mass is 412 g/mol. The van der Waals surface area contributed by atoms with Crippen molar-refractivity contribution in [1.82, 2.24) is 15.1 Å². The number of rotatable bonds is 8. The molecule has 0 unspecified atom stereocenters. The molecule has 0 radical (unpaired) electrons. The predicted octanol–water partition coefficient (Wildman–Crippen LogP) is 2.58. The molecule has 8 nitrogen and oxygen atoms in total. The Kier molecular flexibility index (Phi) is 7.11. The lowest BCUT2D eigenvalue weighted by molar-refractivity contribution is -0.130. The van der Waals surface area contributed by atoms with Gasteiger partial charge in [-0.25, -0.2) is 0 Å². The Balaban J connectivity index is 1.51. The van der Waals surface area contributed by atoms with Gasteiger partial charge >= 0.3 is 0 Å². The second kappa shape index (κ2) is 9.96. The smallest absolute Gasteiger partial charge is 0.245 e. The highest BCUT2D eigenvalue weighted by molar-refractivity contribution is 5.92. The minimum Gasteiger partial charge on any atom is -0.497 e. The van der Waals surface area contributed by atoms with E-state index in [1.165, 1.54) is 6.08 Å². The van der Waals surface area contributed by atoms with Crippen molar-refractivity contribution in [2.24, 2.45) is 5.92 Å². The zero-order valence-corrected chi connectivity index (χ0v) is 17.4. The van der Waals surface area contributed by atoms with Crippen LogP contribution in [0.4, 0.5) is 5.82 Å². The number of H-pyrrole nitrogens is 1. The summed E-state index contributed by atoms with van der Waals surface area (Å²) in [4.78, 5) is 25.9. The van der Waals surface area contributed by atoms with E-state index >= 15 is 0 Å². The molecule has 1 aliphatic rings. The van der Waals surface area contributed by atoms with Gasteiger partial charge in [0.1, 0.15) is 11.5 Å². The number of anilines is 1. The van der Waals surface area contributed by atoms with E-state index in [0.29, 0.717) is 31.7 Å². The fourth-order valence-electron chi connectivity index (χ4n) is 3.56. The highest BCUT2D eigenvalue weighted by atomic mass is 16.5. The molecule has 30 heavy (non-hydrogen) atoms. The van der Waals surface area contributed by atoms with Gasteiger partial charge in [0.2, 0.25) is 11.8 Å². The molecule has 0 saturated carbocycles. The van der Waals surface area contributed by atoms with E-state index in [-0.39, 0.29) is 17.7 Å². The van der Waals surface area contributed by atoms with Crippen LogP contribution in [0.15, 0.2) is 36.9 Å². The second-order valence-electron chi connectivity index (χ2n) is 7.29. The predicted molar refractivity (Wildman–Crippen MR) is 114 cm³/mol. The highest BCUT2D eigenvalue weighted by Gasteiger charge is 2.26. The zero-order valence-electron chi connectivity index (χ0n) is 17.4. The first-order valence-corrected chi connectivity index (χ1v) is 10.0. The van der Waals surface area contributed by atoms with Gasteiger partial charge in [-0.3, -0.25) is 14.7 Å². The van der Waals surface area contributed by atoms with Gasteiger partial charge < -0.3 is 19.7 Å². The first-order valence-electron chi connectivity index (χ1n) is 10.0. The summed E-state index contributed by atoms with van der Waals surface area (Å²) >= 11 is 0. The molecular formula is C22H28N4O4. The summed E-state index contributed by atoms with van der Waals surface area (Å²) in [5, 5.41) is 10.1. The van der Waals surface area contributed by atoms with Gasteiger partial charge in [0.25, 0.3) is 0 Å². The molecule has 2 N–H and O–H groups in total. The quantitative estimate of drug-likeness (QED) is 0.650. The summed E-state index contributed by atoms with van der Waals surface area (Å²) in [6.07, 6.45) is 4.11. The Morgan fingerprint density at radius 1 is 1.17 bits per heavy atom. The van der Waals surface area contributed by atoms with Gasteiger partial charge in [-0.05, 0) is 49.5 Å². The van der Waals surface area contributed by atoms with E-state index < -0.39 is 0 Å². The maximum Gasteiger partial charge on any atom is 0.245 e. The van der Waals surface area contributed by atoms with Crippen molar-refractivity contribution < 1.29 is 19.1 Å². The van der Waals surface area contributed by atoms with Gasteiger partial charge in [0, 0.05) is 36.8 Å². The molecular weight excluding hydrogens is 384 g/mol. The molecule has 1 aromatic heterocycles. The maximum atomic E-state index is 12.5. The molecule has 1 saturated heterocycles. The molecule has 0 bridgehead atoms. The van der Waals surface area contributed by atoms with E-state index in [1.807, 2.05) is 24.3 Å². The van der Waals surface area contributed by atoms with Crippen molar-refractivity contribution in [3.05, 3.63) is 48.2 Å². The topological polar surface area (TPSA) is 96.5 Å². The summed E-state index contributed by atoms with van der Waals surface area (Å²) in [6, 6.07) is 7.65. The third kappa shape index (κ3) is 5.40. The molecule has 160 valence electrons. The normalized spacial score (nSPS) is 14.3. The average molecular weight is 412 g/mol. The summed E-state index contributed by atoms with van der Waals surface area (Å²) in [5.74, 6) is 1.76. The number of hydrogen-bond acceptors (Lipinski definition) is 5. The van der Waals surface area contributed by atoms with Crippen LogP contribution >= 0.6 is 0 Å². The number of nitrogens with one attached hydrogen (secondary N) is 2. The van der Waals surface area contributed by atoms with Gasteiger partial charge in [0.05, 0.1) is 14.2 Å². The van der Waals surface area contributed by atoms with Gasteiger partial charge in [-0.15, -0.1) is 0 Å². The van der Waals surface area contributed by atoms with Crippen LogP contribution in [0.3, 0.4) is 0 Å². The van der Waals surface area contributed by atoms with E-state index in [2.05, 4.69) is 22.1 Å². The minimum absolute atomic E-state index is 0.0590. The molecule has 3 rings (SSSR count). The number of hydrogen-bond donors (Lipinski definition) is 2. The fraction of sp³-hybridized carbons (Fsp3) is 0.409. The lowest BCUT2D eigenvalue weighted by atomic mass is 9.96. The third-order valence-electron chi connectivity index (χ3n) is 5.33. The van der Waals surface area contributed by atoms with E-state index in [0.717, 1.165) is 35.6 Å². The maximum absolute atomic E-state index is 12.5. The molecule has 2 heterocycles. The summed E-state index contributed by atoms with van der Waals surface area (Å²) in [6.45, 7) is 4.64. The summed E-state index contributed by atoms with van der Waals surface area (Å²) < 4.78 is 10.6. The third-order valence-corrected chi connectivity index (χ3v) is 5.33.